The van der Waals surface area contributed by atoms with Crippen molar-refractivity contribution in [2.24, 2.45) is 28.1 Å². The number of fused-ring (bicyclic) bond motifs is 3. The van der Waals surface area contributed by atoms with Crippen LogP contribution in [0.4, 0.5) is 0 Å². The Morgan fingerprint density at radius 2 is 2.05 bits per heavy atom. The molecule has 0 amide bonds. The van der Waals surface area contributed by atoms with Crippen molar-refractivity contribution in [1.82, 2.24) is 0 Å². The molecule has 2 nitrogen and oxygen atoms in total. The Bertz CT molecular complexity index is 534. The van der Waals surface area contributed by atoms with Crippen molar-refractivity contribution in [2.75, 3.05) is 0 Å². The molecule has 0 spiro atoms. The van der Waals surface area contributed by atoms with Crippen LogP contribution in [0.2, 0.25) is 0 Å². The molecule has 3 aliphatic carbocycles. The number of hydrogen-bond acceptors (Lipinski definition) is 1. The molecule has 2 heteroatoms. The second-order valence-corrected chi connectivity index (χ2v) is 8.74. The molecule has 0 aromatic rings. The van der Waals surface area contributed by atoms with Crippen LogP contribution in [-0.4, -0.2) is 11.1 Å². The zero-order valence-corrected chi connectivity index (χ0v) is 14.3. The lowest BCUT2D eigenvalue weighted by atomic mass is 9.46. The molecule has 0 aromatic carbocycles. The Morgan fingerprint density at radius 1 is 1.32 bits per heavy atom. The van der Waals surface area contributed by atoms with E-state index in [9.17, 15) is 9.90 Å². The summed E-state index contributed by atoms with van der Waals surface area (Å²) in [5, 5.41) is 9.78. The number of allylic oxidation sites excluding steroid dienone is 2. The minimum atomic E-state index is -0.629. The number of rotatable bonds is 2. The minimum Gasteiger partial charge on any atom is -0.481 e. The van der Waals surface area contributed by atoms with Gasteiger partial charge in [-0.05, 0) is 68.1 Å². The molecule has 0 saturated heterocycles. The van der Waals surface area contributed by atoms with Gasteiger partial charge in [0.05, 0.1) is 5.41 Å². The minimum absolute atomic E-state index is 0.264. The first-order valence-corrected chi connectivity index (χ1v) is 8.83. The van der Waals surface area contributed by atoms with E-state index in [1.54, 1.807) is 0 Å². The van der Waals surface area contributed by atoms with Crippen LogP contribution in [0.5, 0.6) is 0 Å². The predicted octanol–water partition coefficient (Wildman–Crippen LogP) is 5.21. The summed E-state index contributed by atoms with van der Waals surface area (Å²) in [7, 11) is 0. The molecule has 0 heterocycles. The van der Waals surface area contributed by atoms with Gasteiger partial charge in [0.15, 0.2) is 0 Å². The van der Waals surface area contributed by atoms with Crippen LogP contribution in [0.1, 0.15) is 65.7 Å². The zero-order valence-electron chi connectivity index (χ0n) is 14.3. The fourth-order valence-electron chi connectivity index (χ4n) is 5.55. The van der Waals surface area contributed by atoms with Crippen molar-refractivity contribution < 1.29 is 9.90 Å². The third kappa shape index (κ3) is 2.10. The fraction of sp³-hybridized carbons (Fsp3) is 0.750. The number of carboxylic acid groups (broad SMARTS) is 1. The normalized spacial score (nSPS) is 47.9. The molecule has 2 saturated carbocycles. The lowest BCUT2D eigenvalue weighted by Gasteiger charge is -2.57. The topological polar surface area (TPSA) is 37.3 Å². The van der Waals surface area contributed by atoms with Gasteiger partial charge in [-0.1, -0.05) is 38.0 Å². The Balaban J connectivity index is 1.98. The molecule has 0 aliphatic heterocycles. The molecule has 3 aliphatic rings. The smallest absolute Gasteiger partial charge is 0.313 e. The van der Waals surface area contributed by atoms with Crippen LogP contribution < -0.4 is 0 Å². The molecule has 2 fully saturated rings. The van der Waals surface area contributed by atoms with Crippen LogP contribution in [0.3, 0.4) is 0 Å². The van der Waals surface area contributed by atoms with E-state index in [0.717, 1.165) is 19.3 Å². The van der Waals surface area contributed by atoms with Gasteiger partial charge in [-0.15, -0.1) is 6.58 Å². The van der Waals surface area contributed by atoms with E-state index in [0.29, 0.717) is 11.8 Å². The number of carboxylic acids is 1. The number of aliphatic carboxylic acids is 1. The predicted molar refractivity (Wildman–Crippen MR) is 89.5 cm³/mol. The SMILES string of the molecule is C=C[C@@]1(C)CC[C@@]2(C)[C@@H](CC=C3[C@@H]2CCC[C@]3(C)C(=O)O)C1. The monoisotopic (exact) mass is 302 g/mol. The lowest BCUT2D eigenvalue weighted by Crippen LogP contribution is -2.50. The molecule has 5 atom stereocenters. The first kappa shape index (κ1) is 15.8. The van der Waals surface area contributed by atoms with Crippen LogP contribution in [-0.2, 0) is 4.79 Å². The summed E-state index contributed by atoms with van der Waals surface area (Å²) in [6, 6.07) is 0. The highest BCUT2D eigenvalue weighted by atomic mass is 16.4. The van der Waals surface area contributed by atoms with E-state index in [4.69, 9.17) is 0 Å². The van der Waals surface area contributed by atoms with E-state index in [-0.39, 0.29) is 10.8 Å². The van der Waals surface area contributed by atoms with Crippen LogP contribution in [0.15, 0.2) is 24.3 Å². The summed E-state index contributed by atoms with van der Waals surface area (Å²) in [5.74, 6) is 0.516. The van der Waals surface area contributed by atoms with Gasteiger partial charge in [-0.3, -0.25) is 4.79 Å². The molecule has 3 rings (SSSR count). The van der Waals surface area contributed by atoms with E-state index in [1.165, 1.54) is 31.3 Å². The standard InChI is InChI=1S/C20H30O2/c1-5-18(2)11-12-19(3)14(13-18)8-9-16-15(19)7-6-10-20(16,4)17(21)22/h5,9,14-15H,1,6-8,10-13H2,2-4H3,(H,21,22)/t14-,15-,18-,19-,20-/m0/s1. The third-order valence-electron chi connectivity index (χ3n) is 7.45. The van der Waals surface area contributed by atoms with E-state index in [2.05, 4.69) is 32.6 Å². The summed E-state index contributed by atoms with van der Waals surface area (Å²) in [6.45, 7) is 10.8. The highest BCUT2D eigenvalue weighted by Gasteiger charge is 2.55. The fourth-order valence-corrected chi connectivity index (χ4v) is 5.55. The van der Waals surface area contributed by atoms with Crippen molar-refractivity contribution in [3.63, 3.8) is 0 Å². The first-order valence-electron chi connectivity index (χ1n) is 8.83. The molecule has 22 heavy (non-hydrogen) atoms. The maximum atomic E-state index is 11.9. The molecule has 0 aromatic heterocycles. The second kappa shape index (κ2) is 4.97. The van der Waals surface area contributed by atoms with Crippen LogP contribution >= 0.6 is 0 Å². The summed E-state index contributed by atoms with van der Waals surface area (Å²) in [5.41, 5.74) is 1.16. The van der Waals surface area contributed by atoms with E-state index in [1.807, 2.05) is 6.92 Å². The molecule has 0 unspecified atom stereocenters. The average Bonchev–Trinajstić information content (AvgIpc) is 2.49. The van der Waals surface area contributed by atoms with E-state index < -0.39 is 11.4 Å². The van der Waals surface area contributed by atoms with Gasteiger partial charge in [-0.25, -0.2) is 0 Å². The number of carbonyl (C=O) groups is 1. The maximum absolute atomic E-state index is 11.9. The van der Waals surface area contributed by atoms with Crippen molar-refractivity contribution >= 4 is 5.97 Å². The summed E-state index contributed by atoms with van der Waals surface area (Å²) in [6.07, 6.45) is 12.1. The average molecular weight is 302 g/mol. The van der Waals surface area contributed by atoms with Gasteiger partial charge in [0, 0.05) is 0 Å². The van der Waals surface area contributed by atoms with Gasteiger partial charge in [0.2, 0.25) is 0 Å². The molecule has 1 N–H and O–H groups in total. The second-order valence-electron chi connectivity index (χ2n) is 8.74. The zero-order chi connectivity index (χ0) is 16.2. The Morgan fingerprint density at radius 3 is 2.68 bits per heavy atom. The third-order valence-corrected chi connectivity index (χ3v) is 7.45. The van der Waals surface area contributed by atoms with Crippen LogP contribution in [0.25, 0.3) is 0 Å². The highest BCUT2D eigenvalue weighted by Crippen LogP contribution is 2.63. The maximum Gasteiger partial charge on any atom is 0.313 e. The van der Waals surface area contributed by atoms with Crippen molar-refractivity contribution in [2.45, 2.75) is 65.7 Å². The summed E-state index contributed by atoms with van der Waals surface area (Å²) >= 11 is 0. The molecule has 0 radical (unpaired) electrons. The number of hydrogen-bond donors (Lipinski definition) is 1. The summed E-state index contributed by atoms with van der Waals surface area (Å²) in [4.78, 5) is 11.9. The van der Waals surface area contributed by atoms with Crippen molar-refractivity contribution in [3.8, 4) is 0 Å². The molecular weight excluding hydrogens is 272 g/mol. The van der Waals surface area contributed by atoms with Gasteiger partial charge in [0.1, 0.15) is 0 Å². The van der Waals surface area contributed by atoms with Crippen LogP contribution in [0, 0.1) is 28.1 Å². The Labute approximate surface area is 134 Å². The van der Waals surface area contributed by atoms with Gasteiger partial charge >= 0.3 is 5.97 Å². The molecule has 122 valence electrons. The van der Waals surface area contributed by atoms with Gasteiger partial charge in [-0.2, -0.15) is 0 Å². The quantitative estimate of drug-likeness (QED) is 0.711. The lowest BCUT2D eigenvalue weighted by molar-refractivity contribution is -0.148. The first-order chi connectivity index (χ1) is 10.3. The van der Waals surface area contributed by atoms with E-state index >= 15 is 0 Å². The Kier molecular flexibility index (Phi) is 3.58. The van der Waals surface area contributed by atoms with Gasteiger partial charge < -0.3 is 5.11 Å². The van der Waals surface area contributed by atoms with Crippen molar-refractivity contribution in [1.29, 1.82) is 0 Å². The highest BCUT2D eigenvalue weighted by molar-refractivity contribution is 5.78. The molecular formula is C20H30O2. The van der Waals surface area contributed by atoms with Gasteiger partial charge in [0.25, 0.3) is 0 Å². The largest absolute Gasteiger partial charge is 0.481 e. The molecule has 0 bridgehead atoms. The van der Waals surface area contributed by atoms with Crippen molar-refractivity contribution in [3.05, 3.63) is 24.3 Å². The Hall–Kier alpha value is -1.05. The summed E-state index contributed by atoms with van der Waals surface area (Å²) < 4.78 is 0.